The Morgan fingerprint density at radius 2 is 2.36 bits per heavy atom. The van der Waals surface area contributed by atoms with Crippen LogP contribution in [0, 0.1) is 0 Å². The summed E-state index contributed by atoms with van der Waals surface area (Å²) < 4.78 is 5.04. The van der Waals surface area contributed by atoms with Crippen LogP contribution in [0.3, 0.4) is 0 Å². The smallest absolute Gasteiger partial charge is 0.323 e. The predicted octanol–water partition coefficient (Wildman–Crippen LogP) is 0.587. The van der Waals surface area contributed by atoms with Crippen LogP contribution in [-0.2, 0) is 16.0 Å². The summed E-state index contributed by atoms with van der Waals surface area (Å²) in [6, 6.07) is 0. The van der Waals surface area contributed by atoms with Crippen LogP contribution in [0.1, 0.15) is 26.0 Å². The molecule has 1 aromatic heterocycles. The van der Waals surface area contributed by atoms with Crippen LogP contribution >= 0.6 is 0 Å². The second kappa shape index (κ2) is 4.64. The molecule has 2 N–H and O–H groups in total. The van der Waals surface area contributed by atoms with E-state index in [1.807, 2.05) is 13.8 Å². The number of esters is 1. The molecule has 0 radical (unpaired) electrons. The molecule has 5 heteroatoms. The van der Waals surface area contributed by atoms with E-state index >= 15 is 0 Å². The van der Waals surface area contributed by atoms with Gasteiger partial charge in [0, 0.05) is 11.9 Å². The zero-order chi connectivity index (χ0) is 10.6. The van der Waals surface area contributed by atoms with Crippen LogP contribution in [0.25, 0.3) is 0 Å². The molecule has 0 aliphatic heterocycles. The third-order valence-electron chi connectivity index (χ3n) is 1.89. The highest BCUT2D eigenvalue weighted by molar-refractivity contribution is 5.72. The van der Waals surface area contributed by atoms with Gasteiger partial charge < -0.3 is 14.7 Å². The number of H-pyrrole nitrogens is 2. The van der Waals surface area contributed by atoms with Gasteiger partial charge in [-0.3, -0.25) is 4.79 Å². The van der Waals surface area contributed by atoms with Crippen LogP contribution in [0.2, 0.25) is 0 Å². The Morgan fingerprint density at radius 1 is 1.64 bits per heavy atom. The number of carbonyl (C=O) groups excluding carboxylic acids is 1. The van der Waals surface area contributed by atoms with Gasteiger partial charge in [0.1, 0.15) is 0 Å². The van der Waals surface area contributed by atoms with E-state index < -0.39 is 0 Å². The molecule has 0 aliphatic rings. The molecule has 0 saturated heterocycles. The predicted molar refractivity (Wildman–Crippen MR) is 51.0 cm³/mol. The van der Waals surface area contributed by atoms with Gasteiger partial charge in [0.25, 0.3) is 0 Å². The quantitative estimate of drug-likeness (QED) is 0.695. The van der Waals surface area contributed by atoms with Crippen LogP contribution in [-0.4, -0.2) is 22.0 Å². The van der Waals surface area contributed by atoms with Gasteiger partial charge >= 0.3 is 11.7 Å². The summed E-state index contributed by atoms with van der Waals surface area (Å²) in [4.78, 5) is 26.8. The second-order valence-electron chi connectivity index (χ2n) is 3.15. The van der Waals surface area contributed by atoms with Gasteiger partial charge in [0.15, 0.2) is 0 Å². The van der Waals surface area contributed by atoms with E-state index in [0.29, 0.717) is 5.69 Å². The average molecular weight is 198 g/mol. The van der Waals surface area contributed by atoms with Crippen molar-refractivity contribution in [3.05, 3.63) is 22.4 Å². The van der Waals surface area contributed by atoms with Crippen molar-refractivity contribution in [1.29, 1.82) is 0 Å². The Kier molecular flexibility index (Phi) is 3.50. The molecule has 1 rings (SSSR count). The lowest BCUT2D eigenvalue weighted by molar-refractivity contribution is -0.147. The van der Waals surface area contributed by atoms with E-state index in [4.69, 9.17) is 4.74 Å². The van der Waals surface area contributed by atoms with Gasteiger partial charge in [-0.25, -0.2) is 4.79 Å². The van der Waals surface area contributed by atoms with E-state index in [9.17, 15) is 9.59 Å². The van der Waals surface area contributed by atoms with Crippen LogP contribution in [0.5, 0.6) is 0 Å². The molecule has 0 amide bonds. The van der Waals surface area contributed by atoms with Crippen LogP contribution in [0.4, 0.5) is 0 Å². The Balaban J connectivity index is 2.45. The fraction of sp³-hybridized carbons (Fsp3) is 0.556. The minimum atomic E-state index is -0.324. The largest absolute Gasteiger partial charge is 0.462 e. The van der Waals surface area contributed by atoms with Gasteiger partial charge in [-0.1, -0.05) is 6.92 Å². The molecule has 5 nitrogen and oxygen atoms in total. The number of carbonyl (C=O) groups is 1. The summed E-state index contributed by atoms with van der Waals surface area (Å²) >= 11 is 0. The zero-order valence-electron chi connectivity index (χ0n) is 8.29. The lowest BCUT2D eigenvalue weighted by Crippen LogP contribution is -2.16. The van der Waals surface area contributed by atoms with E-state index in [2.05, 4.69) is 9.97 Å². The first-order valence-corrected chi connectivity index (χ1v) is 4.58. The number of ether oxygens (including phenoxy) is 1. The minimum Gasteiger partial charge on any atom is -0.462 e. The second-order valence-corrected chi connectivity index (χ2v) is 3.15. The lowest BCUT2D eigenvalue weighted by atomic mass is 10.3. The summed E-state index contributed by atoms with van der Waals surface area (Å²) in [5, 5.41) is 0. The van der Waals surface area contributed by atoms with Crippen molar-refractivity contribution in [2.75, 3.05) is 0 Å². The highest BCUT2D eigenvalue weighted by Crippen LogP contribution is 1.99. The van der Waals surface area contributed by atoms with Crippen molar-refractivity contribution in [1.82, 2.24) is 9.97 Å². The van der Waals surface area contributed by atoms with Gasteiger partial charge in [0.2, 0.25) is 0 Å². The Hall–Kier alpha value is -1.52. The molecular formula is C9H14N2O3. The molecule has 1 heterocycles. The van der Waals surface area contributed by atoms with Crippen molar-refractivity contribution in [2.24, 2.45) is 0 Å². The van der Waals surface area contributed by atoms with Gasteiger partial charge in [-0.15, -0.1) is 0 Å². The maximum absolute atomic E-state index is 11.2. The molecule has 78 valence electrons. The molecular weight excluding hydrogens is 184 g/mol. The Morgan fingerprint density at radius 3 is 2.86 bits per heavy atom. The number of hydrogen-bond donors (Lipinski definition) is 2. The average Bonchev–Trinajstić information content (AvgIpc) is 2.50. The molecule has 14 heavy (non-hydrogen) atoms. The summed E-state index contributed by atoms with van der Waals surface area (Å²) in [5.74, 6) is -0.324. The van der Waals surface area contributed by atoms with Crippen LogP contribution < -0.4 is 5.69 Å². The summed E-state index contributed by atoms with van der Waals surface area (Å²) in [6.07, 6.45) is 2.28. The van der Waals surface area contributed by atoms with Crippen molar-refractivity contribution >= 4 is 5.97 Å². The molecule has 0 fully saturated rings. The number of imidazole rings is 1. The van der Waals surface area contributed by atoms with Crippen molar-refractivity contribution in [2.45, 2.75) is 32.8 Å². The molecule has 0 aromatic carbocycles. The molecule has 0 saturated carbocycles. The highest BCUT2D eigenvalue weighted by Gasteiger charge is 2.09. The standard InChI is InChI=1S/C9H14N2O3/c1-3-6(2)14-8(12)4-7-5-10-9(13)11-7/h5-6H,3-4H2,1-2H3,(H2,10,11,13). The molecule has 0 spiro atoms. The monoisotopic (exact) mass is 198 g/mol. The first kappa shape index (κ1) is 10.6. The van der Waals surface area contributed by atoms with E-state index in [1.165, 1.54) is 6.20 Å². The molecule has 0 aliphatic carbocycles. The summed E-state index contributed by atoms with van der Waals surface area (Å²) in [7, 11) is 0. The van der Waals surface area contributed by atoms with Crippen molar-refractivity contribution in [3.8, 4) is 0 Å². The number of nitrogens with one attached hydrogen (secondary N) is 2. The molecule has 1 unspecified atom stereocenters. The van der Waals surface area contributed by atoms with E-state index in [-0.39, 0.29) is 24.2 Å². The van der Waals surface area contributed by atoms with Gasteiger partial charge in [0.05, 0.1) is 12.5 Å². The fourth-order valence-electron chi connectivity index (χ4n) is 0.971. The molecule has 1 atom stereocenters. The first-order chi connectivity index (χ1) is 6.61. The fourth-order valence-corrected chi connectivity index (χ4v) is 0.971. The SMILES string of the molecule is CCC(C)OC(=O)Cc1c[nH]c(=O)[nH]1. The highest BCUT2D eigenvalue weighted by atomic mass is 16.5. The minimum absolute atomic E-state index is 0.0758. The third kappa shape index (κ3) is 3.08. The van der Waals surface area contributed by atoms with Crippen molar-refractivity contribution < 1.29 is 9.53 Å². The van der Waals surface area contributed by atoms with E-state index in [1.54, 1.807) is 0 Å². The van der Waals surface area contributed by atoms with Crippen molar-refractivity contribution in [3.63, 3.8) is 0 Å². The van der Waals surface area contributed by atoms with E-state index in [0.717, 1.165) is 6.42 Å². The Bertz CT molecular complexity index is 353. The molecule has 1 aromatic rings. The number of rotatable bonds is 4. The van der Waals surface area contributed by atoms with Gasteiger partial charge in [-0.05, 0) is 13.3 Å². The lowest BCUT2D eigenvalue weighted by Gasteiger charge is -2.09. The molecule has 0 bridgehead atoms. The third-order valence-corrected chi connectivity index (χ3v) is 1.89. The van der Waals surface area contributed by atoms with Crippen LogP contribution in [0.15, 0.2) is 11.0 Å². The Labute approximate surface area is 81.5 Å². The summed E-state index contributed by atoms with van der Waals surface area (Å²) in [5.41, 5.74) is 0.236. The zero-order valence-corrected chi connectivity index (χ0v) is 8.29. The number of aromatic amines is 2. The first-order valence-electron chi connectivity index (χ1n) is 4.58. The summed E-state index contributed by atoms with van der Waals surface area (Å²) in [6.45, 7) is 3.77. The number of hydrogen-bond acceptors (Lipinski definition) is 3. The maximum Gasteiger partial charge on any atom is 0.323 e. The van der Waals surface area contributed by atoms with Gasteiger partial charge in [-0.2, -0.15) is 0 Å². The topological polar surface area (TPSA) is 75.0 Å². The number of aromatic nitrogens is 2. The normalized spacial score (nSPS) is 12.4. The maximum atomic E-state index is 11.2.